The van der Waals surface area contributed by atoms with Gasteiger partial charge < -0.3 is 20.5 Å². The number of amides is 2. The van der Waals surface area contributed by atoms with Gasteiger partial charge in [-0.25, -0.2) is 4.79 Å². The van der Waals surface area contributed by atoms with Crippen LogP contribution in [0, 0.1) is 0 Å². The molecule has 0 saturated heterocycles. The maximum absolute atomic E-state index is 11.8. The lowest BCUT2D eigenvalue weighted by molar-refractivity contribution is -0.136. The van der Waals surface area contributed by atoms with Crippen molar-refractivity contribution in [3.05, 3.63) is 35.4 Å². The summed E-state index contributed by atoms with van der Waals surface area (Å²) >= 11 is 0. The van der Waals surface area contributed by atoms with Gasteiger partial charge in [0.25, 0.3) is 0 Å². The number of benzene rings is 1. The van der Waals surface area contributed by atoms with E-state index in [2.05, 4.69) is 10.6 Å². The number of carboxylic acids is 1. The maximum atomic E-state index is 11.8. The zero-order valence-electron chi connectivity index (χ0n) is 12.0. The van der Waals surface area contributed by atoms with E-state index in [1.54, 1.807) is 19.2 Å². The second kappa shape index (κ2) is 7.08. The molecule has 0 unspecified atom stereocenters. The molecule has 2 amide bonds. The van der Waals surface area contributed by atoms with Crippen LogP contribution in [-0.4, -0.2) is 36.4 Å². The number of nitrogens with one attached hydrogen (secondary N) is 2. The van der Waals surface area contributed by atoms with Crippen molar-refractivity contribution < 1.29 is 19.4 Å². The van der Waals surface area contributed by atoms with Crippen molar-refractivity contribution in [1.82, 2.24) is 10.6 Å². The monoisotopic (exact) mass is 292 g/mol. The van der Waals surface area contributed by atoms with Crippen molar-refractivity contribution in [2.45, 2.75) is 38.0 Å². The van der Waals surface area contributed by atoms with Gasteiger partial charge in [-0.3, -0.25) is 4.79 Å². The third-order valence-corrected chi connectivity index (χ3v) is 3.66. The average Bonchev–Trinajstić information content (AvgIpc) is 2.40. The summed E-state index contributed by atoms with van der Waals surface area (Å²) in [4.78, 5) is 22.6. The maximum Gasteiger partial charge on any atom is 0.315 e. The second-order valence-corrected chi connectivity index (χ2v) is 5.19. The lowest BCUT2D eigenvalue weighted by Crippen LogP contribution is -2.50. The van der Waals surface area contributed by atoms with Crippen molar-refractivity contribution in [2.75, 3.05) is 7.11 Å². The molecule has 2 rings (SSSR count). The zero-order chi connectivity index (χ0) is 15.2. The molecule has 1 fully saturated rings. The highest BCUT2D eigenvalue weighted by atomic mass is 16.5. The van der Waals surface area contributed by atoms with E-state index in [0.717, 1.165) is 18.4 Å². The molecular weight excluding hydrogens is 272 g/mol. The molecule has 21 heavy (non-hydrogen) atoms. The van der Waals surface area contributed by atoms with E-state index in [4.69, 9.17) is 9.84 Å². The molecule has 0 atom stereocenters. The summed E-state index contributed by atoms with van der Waals surface area (Å²) in [5, 5.41) is 14.5. The standard InChI is InChI=1S/C15H20N2O4/c1-21-13-7-12(8-13)17-15(20)16-9-11-5-3-2-4-10(11)6-14(18)19/h2-5,12-13H,6-9H2,1H3,(H,18,19)(H2,16,17,20). The van der Waals surface area contributed by atoms with E-state index in [1.165, 1.54) is 0 Å². The first-order valence-corrected chi connectivity index (χ1v) is 6.94. The molecule has 6 heteroatoms. The molecular formula is C15H20N2O4. The molecule has 1 aliphatic rings. The predicted octanol–water partition coefficient (Wildman–Crippen LogP) is 1.29. The molecule has 0 aliphatic heterocycles. The molecule has 0 bridgehead atoms. The summed E-state index contributed by atoms with van der Waals surface area (Å²) in [6.07, 6.45) is 1.86. The van der Waals surface area contributed by atoms with E-state index < -0.39 is 5.97 Å². The topological polar surface area (TPSA) is 87.7 Å². The molecule has 0 aromatic heterocycles. The van der Waals surface area contributed by atoms with Gasteiger partial charge in [0.1, 0.15) is 0 Å². The Kier molecular flexibility index (Phi) is 5.16. The van der Waals surface area contributed by atoms with Gasteiger partial charge >= 0.3 is 12.0 Å². The van der Waals surface area contributed by atoms with Crippen LogP contribution in [0.2, 0.25) is 0 Å². The summed E-state index contributed by atoms with van der Waals surface area (Å²) in [5.41, 5.74) is 1.53. The first kappa shape index (κ1) is 15.3. The Labute approximate surface area is 123 Å². The summed E-state index contributed by atoms with van der Waals surface area (Å²) in [6, 6.07) is 7.13. The number of carboxylic acid groups (broad SMARTS) is 1. The molecule has 114 valence electrons. The van der Waals surface area contributed by atoms with E-state index in [1.807, 2.05) is 12.1 Å². The zero-order valence-corrected chi connectivity index (χ0v) is 12.0. The number of hydrogen-bond donors (Lipinski definition) is 3. The van der Waals surface area contributed by atoms with E-state index in [0.29, 0.717) is 12.1 Å². The number of carbonyl (C=O) groups is 2. The predicted molar refractivity (Wildman–Crippen MR) is 77.0 cm³/mol. The van der Waals surface area contributed by atoms with Crippen LogP contribution < -0.4 is 10.6 Å². The van der Waals surface area contributed by atoms with Gasteiger partial charge in [-0.2, -0.15) is 0 Å². The van der Waals surface area contributed by atoms with Crippen molar-refractivity contribution in [3.63, 3.8) is 0 Å². The minimum absolute atomic E-state index is 0.0440. The Morgan fingerprint density at radius 1 is 1.29 bits per heavy atom. The molecule has 3 N–H and O–H groups in total. The summed E-state index contributed by atoms with van der Waals surface area (Å²) in [6.45, 7) is 0.315. The number of carbonyl (C=O) groups excluding carboxylic acids is 1. The minimum atomic E-state index is -0.882. The normalized spacial score (nSPS) is 20.4. The summed E-state index contributed by atoms with van der Waals surface area (Å²) in [5.74, 6) is -0.882. The van der Waals surface area contributed by atoms with Gasteiger partial charge in [-0.1, -0.05) is 24.3 Å². The molecule has 0 heterocycles. The fourth-order valence-electron chi connectivity index (χ4n) is 2.35. The average molecular weight is 292 g/mol. The smallest absolute Gasteiger partial charge is 0.315 e. The molecule has 1 saturated carbocycles. The van der Waals surface area contributed by atoms with Crippen LogP contribution in [0.3, 0.4) is 0 Å². The number of hydrogen-bond acceptors (Lipinski definition) is 3. The third-order valence-electron chi connectivity index (χ3n) is 3.66. The van der Waals surface area contributed by atoms with Crippen molar-refractivity contribution in [3.8, 4) is 0 Å². The molecule has 1 aromatic rings. The number of urea groups is 1. The van der Waals surface area contributed by atoms with Gasteiger partial charge in [0, 0.05) is 19.7 Å². The highest BCUT2D eigenvalue weighted by Gasteiger charge is 2.29. The van der Waals surface area contributed by atoms with E-state index in [-0.39, 0.29) is 24.6 Å². The lowest BCUT2D eigenvalue weighted by Gasteiger charge is -2.34. The SMILES string of the molecule is COC1CC(NC(=O)NCc2ccccc2CC(=O)O)C1. The van der Waals surface area contributed by atoms with Crippen LogP contribution in [0.25, 0.3) is 0 Å². The van der Waals surface area contributed by atoms with Crippen molar-refractivity contribution in [1.29, 1.82) is 0 Å². The van der Waals surface area contributed by atoms with Gasteiger partial charge in [0.05, 0.1) is 12.5 Å². The van der Waals surface area contributed by atoms with Crippen LogP contribution in [-0.2, 0) is 22.5 Å². The molecule has 1 aliphatic carbocycles. The first-order valence-electron chi connectivity index (χ1n) is 6.94. The van der Waals surface area contributed by atoms with Gasteiger partial charge in [0.2, 0.25) is 0 Å². The Hall–Kier alpha value is -2.08. The lowest BCUT2D eigenvalue weighted by atomic mass is 9.89. The van der Waals surface area contributed by atoms with Gasteiger partial charge in [-0.05, 0) is 24.0 Å². The highest BCUT2D eigenvalue weighted by molar-refractivity contribution is 5.74. The highest BCUT2D eigenvalue weighted by Crippen LogP contribution is 2.22. The summed E-state index contributed by atoms with van der Waals surface area (Å²) < 4.78 is 5.15. The minimum Gasteiger partial charge on any atom is -0.481 e. The number of ether oxygens (including phenoxy) is 1. The second-order valence-electron chi connectivity index (χ2n) is 5.19. The molecule has 0 radical (unpaired) electrons. The fraction of sp³-hybridized carbons (Fsp3) is 0.467. The quantitative estimate of drug-likeness (QED) is 0.737. The van der Waals surface area contributed by atoms with Crippen molar-refractivity contribution >= 4 is 12.0 Å². The van der Waals surface area contributed by atoms with Crippen LogP contribution >= 0.6 is 0 Å². The molecule has 6 nitrogen and oxygen atoms in total. The van der Waals surface area contributed by atoms with Crippen LogP contribution in [0.5, 0.6) is 0 Å². The largest absolute Gasteiger partial charge is 0.481 e. The fourth-order valence-corrected chi connectivity index (χ4v) is 2.35. The van der Waals surface area contributed by atoms with Gasteiger partial charge in [-0.15, -0.1) is 0 Å². The number of methoxy groups -OCH3 is 1. The first-order chi connectivity index (χ1) is 10.1. The number of aliphatic carboxylic acids is 1. The summed E-state index contributed by atoms with van der Waals surface area (Å²) in [7, 11) is 1.67. The Bertz CT molecular complexity index is 512. The van der Waals surface area contributed by atoms with Crippen molar-refractivity contribution in [2.24, 2.45) is 0 Å². The van der Waals surface area contributed by atoms with Crippen LogP contribution in [0.1, 0.15) is 24.0 Å². The third kappa shape index (κ3) is 4.46. The Morgan fingerprint density at radius 3 is 2.57 bits per heavy atom. The number of rotatable bonds is 6. The van der Waals surface area contributed by atoms with E-state index >= 15 is 0 Å². The van der Waals surface area contributed by atoms with Crippen LogP contribution in [0.15, 0.2) is 24.3 Å². The van der Waals surface area contributed by atoms with Crippen LogP contribution in [0.4, 0.5) is 4.79 Å². The Morgan fingerprint density at radius 2 is 1.95 bits per heavy atom. The van der Waals surface area contributed by atoms with E-state index in [9.17, 15) is 9.59 Å². The Balaban J connectivity index is 1.80. The molecule has 1 aromatic carbocycles. The van der Waals surface area contributed by atoms with Gasteiger partial charge in [0.15, 0.2) is 0 Å². The molecule has 0 spiro atoms.